The zero-order chi connectivity index (χ0) is 29.2. The molecule has 3 aromatic rings. The van der Waals surface area contributed by atoms with Crippen LogP contribution in [0.5, 0.6) is 11.5 Å². The van der Waals surface area contributed by atoms with Gasteiger partial charge in [-0.05, 0) is 65.9 Å². The molecule has 0 bridgehead atoms. The number of hydrogen-bond acceptors (Lipinski definition) is 6. The van der Waals surface area contributed by atoms with Crippen LogP contribution in [0, 0.1) is 0 Å². The molecule has 1 heterocycles. The van der Waals surface area contributed by atoms with Crippen LogP contribution in [0.15, 0.2) is 72.3 Å². The van der Waals surface area contributed by atoms with Crippen molar-refractivity contribution >= 4 is 23.1 Å². The summed E-state index contributed by atoms with van der Waals surface area (Å²) < 4.78 is 11.2. The van der Waals surface area contributed by atoms with E-state index in [9.17, 15) is 14.7 Å². The summed E-state index contributed by atoms with van der Waals surface area (Å²) >= 11 is 0. The molecule has 4 rings (SSSR count). The lowest BCUT2D eigenvalue weighted by atomic mass is 9.84. The van der Waals surface area contributed by atoms with E-state index in [4.69, 9.17) is 9.47 Å². The monoisotopic (exact) mass is 542 g/mol. The second kappa shape index (κ2) is 11.5. The largest absolute Gasteiger partial charge is 0.507 e. The van der Waals surface area contributed by atoms with E-state index >= 15 is 0 Å². The second-order valence-corrected chi connectivity index (χ2v) is 11.2. The van der Waals surface area contributed by atoms with Gasteiger partial charge in [0, 0.05) is 37.5 Å². The number of carbonyl (C=O) groups excluding carboxylic acids is 2. The van der Waals surface area contributed by atoms with Crippen molar-refractivity contribution in [2.24, 2.45) is 0 Å². The number of likely N-dealkylation sites (tertiary alicyclic amines) is 1. The molecule has 7 nitrogen and oxygen atoms in total. The highest BCUT2D eigenvalue weighted by atomic mass is 16.5. The fourth-order valence-electron chi connectivity index (χ4n) is 5.04. The molecule has 1 unspecified atom stereocenters. The minimum absolute atomic E-state index is 0.0635. The number of anilines is 1. The minimum atomic E-state index is -0.771. The molecule has 0 spiro atoms. The SMILES string of the molecule is CCOc1cccc(CN2C(=O)C(=O)/C(=C(\O)c3ccc(OC)c(C(C)(C)C)c3)C2c2ccc(N(C)C)cc2)c1. The molecular formula is C33H38N2O5. The molecule has 0 radical (unpaired) electrons. The van der Waals surface area contributed by atoms with Crippen LogP contribution in [0.2, 0.25) is 0 Å². The van der Waals surface area contributed by atoms with Gasteiger partial charge in [0.2, 0.25) is 0 Å². The number of hydrogen-bond donors (Lipinski definition) is 1. The molecule has 0 aliphatic carbocycles. The molecule has 1 aliphatic heterocycles. The molecule has 1 atom stereocenters. The van der Waals surface area contributed by atoms with Crippen LogP contribution in [0.3, 0.4) is 0 Å². The Kier molecular flexibility index (Phi) is 8.24. The summed E-state index contributed by atoms with van der Waals surface area (Å²) in [5.74, 6) is -0.201. The lowest BCUT2D eigenvalue weighted by molar-refractivity contribution is -0.140. The average molecular weight is 543 g/mol. The van der Waals surface area contributed by atoms with E-state index in [-0.39, 0.29) is 23.3 Å². The number of Topliss-reactive ketones (excluding diaryl/α,β-unsaturated/α-hetero) is 1. The van der Waals surface area contributed by atoms with Gasteiger partial charge in [0.1, 0.15) is 17.3 Å². The van der Waals surface area contributed by atoms with Crippen molar-refractivity contribution in [2.45, 2.75) is 45.7 Å². The van der Waals surface area contributed by atoms with Crippen LogP contribution >= 0.6 is 0 Å². The molecule has 1 N–H and O–H groups in total. The van der Waals surface area contributed by atoms with Gasteiger partial charge in [0.15, 0.2) is 0 Å². The Bertz CT molecular complexity index is 1430. The summed E-state index contributed by atoms with van der Waals surface area (Å²) in [4.78, 5) is 30.6. The fourth-order valence-corrected chi connectivity index (χ4v) is 5.04. The lowest BCUT2D eigenvalue weighted by Crippen LogP contribution is -2.29. The van der Waals surface area contributed by atoms with E-state index < -0.39 is 17.7 Å². The quantitative estimate of drug-likeness (QED) is 0.211. The van der Waals surface area contributed by atoms with Crippen LogP contribution < -0.4 is 14.4 Å². The van der Waals surface area contributed by atoms with Crippen molar-refractivity contribution in [3.05, 3.63) is 94.6 Å². The Labute approximate surface area is 236 Å². The van der Waals surface area contributed by atoms with E-state index in [1.54, 1.807) is 19.2 Å². The summed E-state index contributed by atoms with van der Waals surface area (Å²) in [6.07, 6.45) is 0. The number of carbonyl (C=O) groups is 2. The van der Waals surface area contributed by atoms with Gasteiger partial charge in [0.05, 0.1) is 25.3 Å². The summed E-state index contributed by atoms with van der Waals surface area (Å²) in [6.45, 7) is 8.76. The van der Waals surface area contributed by atoms with E-state index in [1.807, 2.05) is 80.5 Å². The highest BCUT2D eigenvalue weighted by Gasteiger charge is 2.46. The number of ether oxygens (including phenoxy) is 2. The van der Waals surface area contributed by atoms with E-state index in [0.717, 1.165) is 22.4 Å². The van der Waals surface area contributed by atoms with Crippen LogP contribution in [0.4, 0.5) is 5.69 Å². The third-order valence-corrected chi connectivity index (χ3v) is 7.11. The minimum Gasteiger partial charge on any atom is -0.507 e. The number of ketones is 1. The Hall–Kier alpha value is -4.26. The molecule has 40 heavy (non-hydrogen) atoms. The van der Waals surface area contributed by atoms with Gasteiger partial charge in [-0.25, -0.2) is 0 Å². The molecule has 210 valence electrons. The maximum absolute atomic E-state index is 13.6. The van der Waals surface area contributed by atoms with Crippen molar-refractivity contribution in [1.82, 2.24) is 4.90 Å². The zero-order valence-electron chi connectivity index (χ0n) is 24.3. The third-order valence-electron chi connectivity index (χ3n) is 7.11. The highest BCUT2D eigenvalue weighted by Crippen LogP contribution is 2.42. The third kappa shape index (κ3) is 5.69. The van der Waals surface area contributed by atoms with Crippen LogP contribution in [-0.4, -0.2) is 49.5 Å². The van der Waals surface area contributed by atoms with Gasteiger partial charge >= 0.3 is 0 Å². The number of benzene rings is 3. The summed E-state index contributed by atoms with van der Waals surface area (Å²) in [7, 11) is 5.50. The first kappa shape index (κ1) is 28.7. The van der Waals surface area contributed by atoms with Gasteiger partial charge < -0.3 is 24.4 Å². The van der Waals surface area contributed by atoms with Gasteiger partial charge in [-0.2, -0.15) is 0 Å². The second-order valence-electron chi connectivity index (χ2n) is 11.2. The zero-order valence-corrected chi connectivity index (χ0v) is 24.3. The number of amides is 1. The number of rotatable bonds is 8. The van der Waals surface area contributed by atoms with E-state index in [0.29, 0.717) is 23.7 Å². The molecule has 7 heteroatoms. The van der Waals surface area contributed by atoms with Crippen molar-refractivity contribution in [2.75, 3.05) is 32.7 Å². The molecular weight excluding hydrogens is 504 g/mol. The Morgan fingerprint density at radius 3 is 2.30 bits per heavy atom. The summed E-state index contributed by atoms with van der Waals surface area (Å²) in [5, 5.41) is 11.6. The number of nitrogens with zero attached hydrogens (tertiary/aromatic N) is 2. The van der Waals surface area contributed by atoms with E-state index in [1.165, 1.54) is 4.90 Å². The molecule has 1 aliphatic rings. The molecule has 1 saturated heterocycles. The van der Waals surface area contributed by atoms with Crippen LogP contribution in [0.25, 0.3) is 5.76 Å². The maximum atomic E-state index is 13.6. The highest BCUT2D eigenvalue weighted by molar-refractivity contribution is 6.46. The van der Waals surface area contributed by atoms with Crippen LogP contribution in [-0.2, 0) is 21.5 Å². The Morgan fingerprint density at radius 1 is 1.00 bits per heavy atom. The molecule has 1 fully saturated rings. The van der Waals surface area contributed by atoms with Gasteiger partial charge in [-0.1, -0.05) is 45.0 Å². The lowest BCUT2D eigenvalue weighted by Gasteiger charge is -2.26. The first-order valence-corrected chi connectivity index (χ1v) is 13.4. The van der Waals surface area contributed by atoms with E-state index in [2.05, 4.69) is 20.8 Å². The van der Waals surface area contributed by atoms with Crippen molar-refractivity contribution in [3.63, 3.8) is 0 Å². The fraction of sp³-hybridized carbons (Fsp3) is 0.333. The predicted octanol–water partition coefficient (Wildman–Crippen LogP) is 6.08. The first-order chi connectivity index (χ1) is 19.0. The first-order valence-electron chi connectivity index (χ1n) is 13.4. The van der Waals surface area contributed by atoms with Gasteiger partial charge in [-0.3, -0.25) is 9.59 Å². The number of aliphatic hydroxyl groups is 1. The Morgan fingerprint density at radius 2 is 1.70 bits per heavy atom. The standard InChI is InChI=1S/C33H38N2O5/c1-8-40-25-11-9-10-21(18-25)20-35-29(22-12-15-24(16-13-22)34(5)6)28(31(37)32(35)38)30(36)23-14-17-27(39-7)26(19-23)33(2,3)4/h9-19,29,36H,8,20H2,1-7H3/b30-28-. The van der Waals surface area contributed by atoms with Crippen molar-refractivity contribution < 1.29 is 24.2 Å². The molecule has 0 saturated carbocycles. The van der Waals surface area contributed by atoms with Gasteiger partial charge in [-0.15, -0.1) is 0 Å². The Balaban J connectivity index is 1.87. The van der Waals surface area contributed by atoms with Crippen LogP contribution in [0.1, 0.15) is 56.0 Å². The summed E-state index contributed by atoms with van der Waals surface area (Å²) in [5.41, 5.74) is 3.66. The maximum Gasteiger partial charge on any atom is 0.295 e. The topological polar surface area (TPSA) is 79.3 Å². The van der Waals surface area contributed by atoms with Crippen molar-refractivity contribution in [1.29, 1.82) is 0 Å². The molecule has 1 amide bonds. The smallest absolute Gasteiger partial charge is 0.295 e. The average Bonchev–Trinajstić information content (AvgIpc) is 3.17. The summed E-state index contributed by atoms with van der Waals surface area (Å²) in [6, 6.07) is 19.7. The van der Waals surface area contributed by atoms with Crippen molar-refractivity contribution in [3.8, 4) is 11.5 Å². The number of aliphatic hydroxyl groups excluding tert-OH is 1. The molecule has 0 aromatic heterocycles. The van der Waals surface area contributed by atoms with Gasteiger partial charge in [0.25, 0.3) is 11.7 Å². The molecule has 3 aromatic carbocycles. The normalized spacial score (nSPS) is 16.8. The predicted molar refractivity (Wildman–Crippen MR) is 158 cm³/mol. The number of methoxy groups -OCH3 is 1.